The summed E-state index contributed by atoms with van der Waals surface area (Å²) in [5.74, 6) is 1.91. The first-order valence-electron chi connectivity index (χ1n) is 35.4. The first kappa shape index (κ1) is 50.4. The van der Waals surface area contributed by atoms with Gasteiger partial charge in [0.05, 0.1) is 36.3 Å². The van der Waals surface area contributed by atoms with Crippen LogP contribution in [0.4, 0.5) is 22.7 Å². The number of hydrogen-bond donors (Lipinski definition) is 0. The Labute approximate surface area is 543 Å². The minimum atomic E-state index is -1.80. The van der Waals surface area contributed by atoms with Gasteiger partial charge in [-0.1, -0.05) is 214 Å². The minimum absolute atomic E-state index is 0.0346. The van der Waals surface area contributed by atoms with Gasteiger partial charge in [-0.2, -0.15) is 0 Å². The highest BCUT2D eigenvalue weighted by molar-refractivity contribution is 7.26. The van der Waals surface area contributed by atoms with Gasteiger partial charge in [-0.3, -0.25) is 4.57 Å². The normalized spacial score (nSPS) is 14.8. The molecule has 0 saturated heterocycles. The predicted octanol–water partition coefficient (Wildman–Crippen LogP) is 24.3. The number of para-hydroxylation sites is 2. The van der Waals surface area contributed by atoms with Gasteiger partial charge in [0.2, 0.25) is 0 Å². The molecule has 0 radical (unpaired) electrons. The first-order valence-corrected chi connectivity index (χ1v) is 32.2. The number of pyridine rings is 1. The topological polar surface area (TPSA) is 33.5 Å². The summed E-state index contributed by atoms with van der Waals surface area (Å²) in [6, 6.07) is 53.2. The third-order valence-electron chi connectivity index (χ3n) is 17.5. The molecule has 12 aromatic rings. The molecule has 0 unspecified atom stereocenters. The molecule has 0 spiro atoms. The van der Waals surface area contributed by atoms with Crippen molar-refractivity contribution in [3.8, 4) is 50.7 Å². The molecular formula is C83H86N4OS. The van der Waals surface area contributed by atoms with E-state index in [9.17, 15) is 5.48 Å². The number of benzene rings is 9. The minimum Gasteiger partial charge on any atom is -0.457 e. The molecule has 0 atom stereocenters. The number of anilines is 4. The third-order valence-corrected chi connectivity index (χ3v) is 18.7. The molecule has 0 aliphatic carbocycles. The van der Waals surface area contributed by atoms with Gasteiger partial charge in [0, 0.05) is 68.8 Å². The van der Waals surface area contributed by atoms with Gasteiger partial charge < -0.3 is 14.5 Å². The van der Waals surface area contributed by atoms with Crippen molar-refractivity contribution in [2.75, 3.05) is 16.5 Å². The van der Waals surface area contributed by atoms with Gasteiger partial charge in [0.1, 0.15) is 24.0 Å². The molecule has 1 aliphatic heterocycles. The second kappa shape index (κ2) is 22.2. The predicted molar refractivity (Wildman–Crippen MR) is 384 cm³/mol. The number of hydrogen-bond acceptors (Lipinski definition) is 5. The zero-order chi connectivity index (χ0) is 69.7. The summed E-state index contributed by atoms with van der Waals surface area (Å²) in [5, 5.41) is 4.31. The van der Waals surface area contributed by atoms with Crippen molar-refractivity contribution in [1.82, 2.24) is 9.55 Å². The lowest BCUT2D eigenvalue weighted by Gasteiger charge is -2.32. The molecule has 1 aliphatic rings. The number of fused-ring (bicyclic) bond motifs is 8. The fourth-order valence-corrected chi connectivity index (χ4v) is 14.2. The summed E-state index contributed by atoms with van der Waals surface area (Å²) >= 11 is 1.75. The SMILES string of the molecule is [2H]c1cc(C([2H])([2H])C(C)(C)C)cc(-n2c3cc(Oc4cc(-c5c(C(C)C)cccc5C(C)C)cc(N5CN(c6c(-c7cc(C(C)(C)C)cc(C(C)(C)C)c7)cc(C(C)(C)C)cc6-c6c([2H])c([2H])c([2H])c([2H])c6[2H])c6ccccc65)c4)ccc3c3c4sc5ccccc5c4ccc32)n1. The van der Waals surface area contributed by atoms with E-state index in [0.717, 1.165) is 93.6 Å². The average Bonchev–Trinajstić information content (AvgIpc) is 1.62. The summed E-state index contributed by atoms with van der Waals surface area (Å²) < 4.78 is 86.2. The molecular weight excluding hydrogens is 1100 g/mol. The van der Waals surface area contributed by atoms with E-state index in [-0.39, 0.29) is 53.2 Å². The van der Waals surface area contributed by atoms with Gasteiger partial charge in [-0.05, 0) is 168 Å². The summed E-state index contributed by atoms with van der Waals surface area (Å²) in [4.78, 5) is 9.47. The van der Waals surface area contributed by atoms with Gasteiger partial charge in [-0.25, -0.2) is 4.98 Å². The third kappa shape index (κ3) is 11.2. The molecule has 13 rings (SSSR count). The van der Waals surface area contributed by atoms with Crippen molar-refractivity contribution >= 4 is 76.1 Å². The largest absolute Gasteiger partial charge is 0.457 e. The molecule has 3 aromatic heterocycles. The van der Waals surface area contributed by atoms with Crippen LogP contribution in [0, 0.1) is 5.41 Å². The van der Waals surface area contributed by atoms with E-state index < -0.39 is 35.3 Å². The molecule has 6 heteroatoms. The highest BCUT2D eigenvalue weighted by atomic mass is 32.1. The van der Waals surface area contributed by atoms with E-state index in [4.69, 9.17) is 15.2 Å². The standard InChI is InChI=1S/C83H86N4OS/c1-51(2)63-28-24-29-64(52(3)4)76(63)56-42-60(47-62(43-56)88-61-33-34-67-73(48-61)87(75-39-53(37-38-84-75)49-80(5,6)7)72-36-35-66-65-27-20-23-32-74(65)89-79(66)77(67)72)85-50-86(71-31-22-21-30-70(71)85)78-68(54-25-18-17-19-26-54)45-59(83(14,15)16)46-69(78)55-40-57(81(8,9)10)44-58(41-55)82(11,12)13/h17-48,51-52H,49-50H2,1-16H3/i17D,18D,19D,25D,26D,38D,49D2. The van der Waals surface area contributed by atoms with Gasteiger partial charge >= 0.3 is 0 Å². The molecule has 0 fully saturated rings. The van der Waals surface area contributed by atoms with Crippen LogP contribution in [0.25, 0.3) is 81.2 Å². The van der Waals surface area contributed by atoms with Crippen LogP contribution in [0.2, 0.25) is 0 Å². The summed E-state index contributed by atoms with van der Waals surface area (Å²) in [6.45, 7) is 34.7. The van der Waals surface area contributed by atoms with Crippen LogP contribution in [-0.4, -0.2) is 16.2 Å². The van der Waals surface area contributed by atoms with E-state index in [2.05, 4.69) is 238 Å². The van der Waals surface area contributed by atoms with Crippen LogP contribution in [0.1, 0.15) is 167 Å². The second-order valence-corrected chi connectivity index (χ2v) is 30.1. The smallest absolute Gasteiger partial charge is 0.137 e. The Balaban J connectivity index is 1.06. The highest BCUT2D eigenvalue weighted by Gasteiger charge is 2.35. The van der Waals surface area contributed by atoms with Crippen LogP contribution in [-0.2, 0) is 22.6 Å². The highest BCUT2D eigenvalue weighted by Crippen LogP contribution is 2.54. The Hall–Kier alpha value is -8.45. The van der Waals surface area contributed by atoms with Crippen LogP contribution in [0.15, 0.2) is 194 Å². The number of thiophene rings is 1. The molecule has 89 heavy (non-hydrogen) atoms. The Morgan fingerprint density at radius 2 is 1.16 bits per heavy atom. The van der Waals surface area contributed by atoms with Gasteiger partial charge in [0.15, 0.2) is 0 Å². The second-order valence-electron chi connectivity index (χ2n) is 29.1. The molecule has 0 N–H and O–H groups in total. The Bertz CT molecular complexity index is 5100. The molecule has 0 bridgehead atoms. The van der Waals surface area contributed by atoms with Gasteiger partial charge in [0.25, 0.3) is 0 Å². The Morgan fingerprint density at radius 3 is 1.81 bits per heavy atom. The van der Waals surface area contributed by atoms with Crippen LogP contribution in [0.3, 0.4) is 0 Å². The molecule has 450 valence electrons. The van der Waals surface area contributed by atoms with E-state index in [0.29, 0.717) is 28.4 Å². The monoisotopic (exact) mass is 1190 g/mol. The molecule has 4 heterocycles. The van der Waals surface area contributed by atoms with Crippen molar-refractivity contribution in [1.29, 1.82) is 0 Å². The molecule has 0 amide bonds. The lowest BCUT2D eigenvalue weighted by molar-refractivity contribution is 0.411. The fraction of sp³-hybridized carbons (Fsp3) is 0.289. The number of aromatic nitrogens is 2. The van der Waals surface area contributed by atoms with E-state index in [1.165, 1.54) is 21.2 Å². The Morgan fingerprint density at radius 1 is 0.539 bits per heavy atom. The maximum Gasteiger partial charge on any atom is 0.137 e. The van der Waals surface area contributed by atoms with Crippen LogP contribution in [0.5, 0.6) is 11.5 Å². The van der Waals surface area contributed by atoms with Crippen LogP contribution >= 0.6 is 11.3 Å². The number of ether oxygens (including phenoxy) is 1. The molecule has 0 saturated carbocycles. The van der Waals surface area contributed by atoms with Crippen LogP contribution < -0.4 is 14.5 Å². The maximum atomic E-state index is 9.71. The van der Waals surface area contributed by atoms with E-state index in [1.54, 1.807) is 23.5 Å². The summed E-state index contributed by atoms with van der Waals surface area (Å²) in [6.07, 6.45) is -1.83. The first-order chi connectivity index (χ1) is 45.5. The van der Waals surface area contributed by atoms with Crippen molar-refractivity contribution in [2.45, 2.75) is 145 Å². The average molecular weight is 1200 g/mol. The quantitative estimate of drug-likeness (QED) is 0.129. The number of nitrogens with zero attached hydrogens (tertiary/aromatic N) is 4. The lowest BCUT2D eigenvalue weighted by Crippen LogP contribution is -2.25. The molecule has 5 nitrogen and oxygen atoms in total. The fourth-order valence-electron chi connectivity index (χ4n) is 13.0. The van der Waals surface area contributed by atoms with E-state index >= 15 is 0 Å². The van der Waals surface area contributed by atoms with E-state index in [1.807, 2.05) is 32.9 Å². The zero-order valence-electron chi connectivity index (χ0n) is 62.5. The zero-order valence-corrected chi connectivity index (χ0v) is 55.3. The summed E-state index contributed by atoms with van der Waals surface area (Å²) in [7, 11) is 0. The van der Waals surface area contributed by atoms with Crippen molar-refractivity contribution < 1.29 is 15.7 Å². The van der Waals surface area contributed by atoms with Crippen molar-refractivity contribution in [3.63, 3.8) is 0 Å². The van der Waals surface area contributed by atoms with Gasteiger partial charge in [-0.15, -0.1) is 11.3 Å². The van der Waals surface area contributed by atoms with Crippen molar-refractivity contribution in [3.05, 3.63) is 227 Å². The van der Waals surface area contributed by atoms with Crippen molar-refractivity contribution in [2.24, 2.45) is 5.41 Å². The maximum absolute atomic E-state index is 9.71. The Kier molecular flexibility index (Phi) is 12.6. The number of rotatable bonds is 11. The molecule has 9 aromatic carbocycles. The summed E-state index contributed by atoms with van der Waals surface area (Å²) in [5.41, 5.74) is 14.0. The lowest BCUT2D eigenvalue weighted by atomic mass is 9.77.